The fraction of sp³-hybridized carbons (Fsp3) is 0.750. The van der Waals surface area contributed by atoms with Crippen molar-refractivity contribution >= 4 is 17.9 Å². The molecule has 0 amide bonds. The molecule has 19 heavy (non-hydrogen) atoms. The van der Waals surface area contributed by atoms with E-state index in [0.717, 1.165) is 0 Å². The van der Waals surface area contributed by atoms with Crippen LogP contribution >= 0.6 is 0 Å². The summed E-state index contributed by atoms with van der Waals surface area (Å²) < 4.78 is 20.6. The van der Waals surface area contributed by atoms with Gasteiger partial charge in [0.25, 0.3) is 0 Å². The lowest BCUT2D eigenvalue weighted by molar-refractivity contribution is -0.165. The molecule has 0 radical (unpaired) electrons. The van der Waals surface area contributed by atoms with Crippen molar-refractivity contribution in [1.29, 1.82) is 0 Å². The minimum absolute atomic E-state index is 0.0601. The minimum atomic E-state index is -0.782. The Labute approximate surface area is 111 Å². The number of rotatable bonds is 4. The van der Waals surface area contributed by atoms with Crippen LogP contribution in [0.1, 0.15) is 27.7 Å². The highest BCUT2D eigenvalue weighted by Gasteiger charge is 2.47. The van der Waals surface area contributed by atoms with Gasteiger partial charge in [-0.1, -0.05) is 0 Å². The Balaban J connectivity index is 2.76. The Morgan fingerprint density at radius 1 is 0.947 bits per heavy atom. The molecule has 0 saturated carbocycles. The average molecular weight is 274 g/mol. The zero-order valence-electron chi connectivity index (χ0n) is 11.4. The summed E-state index contributed by atoms with van der Waals surface area (Å²) in [4.78, 5) is 32.9. The predicted octanol–water partition coefficient (Wildman–Crippen LogP) is 0.200. The molecule has 0 bridgehead atoms. The van der Waals surface area contributed by atoms with Crippen LogP contribution in [0.5, 0.6) is 0 Å². The fourth-order valence-corrected chi connectivity index (χ4v) is 1.93. The zero-order valence-corrected chi connectivity index (χ0v) is 11.4. The number of carbonyl (C=O) groups excluding carboxylic acids is 3. The summed E-state index contributed by atoms with van der Waals surface area (Å²) in [5.74, 6) is -1.48. The number of esters is 3. The van der Waals surface area contributed by atoms with Gasteiger partial charge in [0.1, 0.15) is 12.7 Å². The van der Waals surface area contributed by atoms with Crippen molar-refractivity contribution in [2.24, 2.45) is 0 Å². The van der Waals surface area contributed by atoms with Crippen molar-refractivity contribution in [2.75, 3.05) is 6.61 Å². The SMILES string of the molecule is CC(=O)OCC1O[C@H](C)C(OC(C)=O)C1OC(C)=O. The monoisotopic (exact) mass is 274 g/mol. The maximum Gasteiger partial charge on any atom is 0.303 e. The molecule has 1 rings (SSSR count). The van der Waals surface area contributed by atoms with E-state index in [1.807, 2.05) is 0 Å². The third-order valence-electron chi connectivity index (χ3n) is 2.60. The van der Waals surface area contributed by atoms with Crippen LogP contribution in [0.15, 0.2) is 0 Å². The van der Waals surface area contributed by atoms with E-state index in [4.69, 9.17) is 18.9 Å². The third kappa shape index (κ3) is 4.51. The summed E-state index contributed by atoms with van der Waals surface area (Å²) in [6.45, 7) is 5.41. The normalized spacial score (nSPS) is 29.7. The van der Waals surface area contributed by atoms with Gasteiger partial charge in [0.15, 0.2) is 12.2 Å². The predicted molar refractivity (Wildman–Crippen MR) is 62.1 cm³/mol. The number of hydrogen-bond donors (Lipinski definition) is 0. The Bertz CT molecular complexity index is 365. The smallest absolute Gasteiger partial charge is 0.303 e. The minimum Gasteiger partial charge on any atom is -0.463 e. The maximum atomic E-state index is 11.1. The van der Waals surface area contributed by atoms with Crippen LogP contribution in [0.25, 0.3) is 0 Å². The summed E-state index contributed by atoms with van der Waals surface area (Å²) >= 11 is 0. The highest BCUT2D eigenvalue weighted by Crippen LogP contribution is 2.27. The Hall–Kier alpha value is -1.63. The van der Waals surface area contributed by atoms with E-state index in [-0.39, 0.29) is 6.61 Å². The second-order valence-electron chi connectivity index (χ2n) is 4.33. The third-order valence-corrected chi connectivity index (χ3v) is 2.60. The van der Waals surface area contributed by atoms with Crippen LogP contribution in [0, 0.1) is 0 Å². The summed E-state index contributed by atoms with van der Waals surface area (Å²) in [6, 6.07) is 0. The number of ether oxygens (including phenoxy) is 4. The summed E-state index contributed by atoms with van der Waals surface area (Å²) in [5.41, 5.74) is 0. The fourth-order valence-electron chi connectivity index (χ4n) is 1.93. The van der Waals surface area contributed by atoms with Crippen LogP contribution in [0.4, 0.5) is 0 Å². The van der Waals surface area contributed by atoms with E-state index >= 15 is 0 Å². The lowest BCUT2D eigenvalue weighted by Crippen LogP contribution is -2.40. The summed E-state index contributed by atoms with van der Waals surface area (Å²) in [6.07, 6.45) is -2.58. The van der Waals surface area contributed by atoms with Crippen molar-refractivity contribution in [2.45, 2.75) is 52.1 Å². The van der Waals surface area contributed by atoms with Gasteiger partial charge < -0.3 is 18.9 Å². The summed E-state index contributed by atoms with van der Waals surface area (Å²) in [5, 5.41) is 0. The highest BCUT2D eigenvalue weighted by atomic mass is 16.6. The Morgan fingerprint density at radius 3 is 1.95 bits per heavy atom. The van der Waals surface area contributed by atoms with Crippen molar-refractivity contribution < 1.29 is 33.3 Å². The topological polar surface area (TPSA) is 88.1 Å². The largest absolute Gasteiger partial charge is 0.463 e. The zero-order chi connectivity index (χ0) is 14.6. The molecule has 7 heteroatoms. The molecule has 1 aliphatic heterocycles. The molecule has 0 aromatic rings. The maximum absolute atomic E-state index is 11.1. The van der Waals surface area contributed by atoms with Gasteiger partial charge in [-0.05, 0) is 6.92 Å². The molecule has 0 aromatic carbocycles. The Morgan fingerprint density at radius 2 is 1.47 bits per heavy atom. The van der Waals surface area contributed by atoms with Gasteiger partial charge >= 0.3 is 17.9 Å². The number of hydrogen-bond acceptors (Lipinski definition) is 7. The lowest BCUT2D eigenvalue weighted by Gasteiger charge is -2.22. The van der Waals surface area contributed by atoms with Crippen LogP contribution in [-0.2, 0) is 33.3 Å². The van der Waals surface area contributed by atoms with Crippen LogP contribution in [-0.4, -0.2) is 48.9 Å². The van der Waals surface area contributed by atoms with Gasteiger partial charge in [-0.25, -0.2) is 0 Å². The molecule has 4 atom stereocenters. The molecule has 3 unspecified atom stereocenters. The quantitative estimate of drug-likeness (QED) is 0.534. The van der Waals surface area contributed by atoms with E-state index in [2.05, 4.69) is 0 Å². The van der Waals surface area contributed by atoms with Crippen LogP contribution in [0.2, 0.25) is 0 Å². The lowest BCUT2D eigenvalue weighted by atomic mass is 10.1. The van der Waals surface area contributed by atoms with Gasteiger partial charge in [0.2, 0.25) is 0 Å². The average Bonchev–Trinajstić information content (AvgIpc) is 2.53. The molecular formula is C12H18O7. The van der Waals surface area contributed by atoms with Gasteiger partial charge in [-0.2, -0.15) is 0 Å². The van der Waals surface area contributed by atoms with E-state index in [1.165, 1.54) is 20.8 Å². The molecular weight excluding hydrogens is 256 g/mol. The van der Waals surface area contributed by atoms with Crippen molar-refractivity contribution in [3.8, 4) is 0 Å². The standard InChI is InChI=1S/C12H18O7/c1-6-11(18-8(3)14)12(19-9(4)15)10(17-6)5-16-7(2)13/h6,10-12H,5H2,1-4H3/t6-,10?,11?,12?/m1/s1. The van der Waals surface area contributed by atoms with Crippen molar-refractivity contribution in [3.05, 3.63) is 0 Å². The van der Waals surface area contributed by atoms with Crippen molar-refractivity contribution in [1.82, 2.24) is 0 Å². The molecule has 1 heterocycles. The summed E-state index contributed by atoms with van der Waals surface area (Å²) in [7, 11) is 0. The first-order chi connectivity index (χ1) is 8.81. The molecule has 1 aliphatic rings. The van der Waals surface area contributed by atoms with Crippen LogP contribution in [0.3, 0.4) is 0 Å². The van der Waals surface area contributed by atoms with E-state index in [1.54, 1.807) is 6.92 Å². The molecule has 0 aliphatic carbocycles. The molecule has 1 saturated heterocycles. The van der Waals surface area contributed by atoms with Gasteiger partial charge in [0.05, 0.1) is 6.10 Å². The first-order valence-corrected chi connectivity index (χ1v) is 5.94. The molecule has 0 aromatic heterocycles. The van der Waals surface area contributed by atoms with Gasteiger partial charge in [0, 0.05) is 20.8 Å². The second-order valence-corrected chi connectivity index (χ2v) is 4.33. The van der Waals surface area contributed by atoms with E-state index < -0.39 is 42.3 Å². The molecule has 7 nitrogen and oxygen atoms in total. The molecule has 108 valence electrons. The Kier molecular flexibility index (Phi) is 5.29. The first kappa shape index (κ1) is 15.4. The van der Waals surface area contributed by atoms with Crippen molar-refractivity contribution in [3.63, 3.8) is 0 Å². The van der Waals surface area contributed by atoms with Gasteiger partial charge in [-0.15, -0.1) is 0 Å². The van der Waals surface area contributed by atoms with E-state index in [9.17, 15) is 14.4 Å². The number of carbonyl (C=O) groups is 3. The molecule has 1 fully saturated rings. The molecule has 0 spiro atoms. The van der Waals surface area contributed by atoms with E-state index in [0.29, 0.717) is 0 Å². The highest BCUT2D eigenvalue weighted by molar-refractivity contribution is 5.67. The van der Waals surface area contributed by atoms with Gasteiger partial charge in [-0.3, -0.25) is 14.4 Å². The van der Waals surface area contributed by atoms with Crippen LogP contribution < -0.4 is 0 Å². The second kappa shape index (κ2) is 6.51. The molecule has 0 N–H and O–H groups in total. The first-order valence-electron chi connectivity index (χ1n) is 5.94.